The summed E-state index contributed by atoms with van der Waals surface area (Å²) in [5, 5.41) is 4.87. The van der Waals surface area contributed by atoms with Gasteiger partial charge >= 0.3 is 0 Å². The first kappa shape index (κ1) is 19.4. The minimum Gasteiger partial charge on any atom is -0.321 e. The van der Waals surface area contributed by atoms with Crippen molar-refractivity contribution < 1.29 is 13.2 Å². The van der Waals surface area contributed by atoms with Crippen LogP contribution in [-0.2, 0) is 16.4 Å². The third-order valence-corrected chi connectivity index (χ3v) is 6.37. The summed E-state index contributed by atoms with van der Waals surface area (Å²) in [4.78, 5) is 12.9. The van der Waals surface area contributed by atoms with E-state index in [-0.39, 0.29) is 15.5 Å². The molecule has 0 radical (unpaired) electrons. The first-order valence-electron chi connectivity index (χ1n) is 8.15. The van der Waals surface area contributed by atoms with Gasteiger partial charge in [-0.1, -0.05) is 36.7 Å². The van der Waals surface area contributed by atoms with Crippen LogP contribution in [0, 0.1) is 0 Å². The number of amides is 1. The summed E-state index contributed by atoms with van der Waals surface area (Å²) in [6.45, 7) is 2.00. The van der Waals surface area contributed by atoms with Crippen LogP contribution in [0.15, 0.2) is 64.9 Å². The van der Waals surface area contributed by atoms with Crippen molar-refractivity contribution in [2.75, 3.05) is 10.0 Å². The van der Waals surface area contributed by atoms with Crippen LogP contribution in [0.3, 0.4) is 0 Å². The van der Waals surface area contributed by atoms with Crippen molar-refractivity contribution in [2.24, 2.45) is 0 Å². The van der Waals surface area contributed by atoms with Gasteiger partial charge in [0.25, 0.3) is 15.9 Å². The van der Waals surface area contributed by atoms with E-state index < -0.39 is 15.9 Å². The average Bonchev–Trinajstić information content (AvgIpc) is 3.09. The number of carbonyl (C=O) groups is 1. The maximum absolute atomic E-state index is 12.6. The Hall–Kier alpha value is -2.35. The van der Waals surface area contributed by atoms with Gasteiger partial charge in [0.2, 0.25) is 0 Å². The lowest BCUT2D eigenvalue weighted by Crippen LogP contribution is -2.17. The smallest absolute Gasteiger partial charge is 0.267 e. The van der Waals surface area contributed by atoms with Crippen molar-refractivity contribution in [3.05, 3.63) is 75.4 Å². The Balaban J connectivity index is 1.80. The first-order valence-corrected chi connectivity index (χ1v) is 10.9. The van der Waals surface area contributed by atoms with E-state index in [2.05, 4.69) is 10.0 Å². The van der Waals surface area contributed by atoms with Crippen molar-refractivity contribution in [2.45, 2.75) is 18.2 Å². The quantitative estimate of drug-likeness (QED) is 0.588. The van der Waals surface area contributed by atoms with E-state index in [1.54, 1.807) is 60.0 Å². The van der Waals surface area contributed by atoms with Crippen LogP contribution in [0.4, 0.5) is 11.4 Å². The fraction of sp³-hybridized carbons (Fsp3) is 0.105. The second-order valence-electron chi connectivity index (χ2n) is 5.73. The average molecular weight is 421 g/mol. The molecule has 2 aromatic carbocycles. The van der Waals surface area contributed by atoms with E-state index >= 15 is 0 Å². The van der Waals surface area contributed by atoms with Crippen molar-refractivity contribution in [3.63, 3.8) is 0 Å². The highest BCUT2D eigenvalue weighted by molar-refractivity contribution is 7.92. The van der Waals surface area contributed by atoms with Gasteiger partial charge in [-0.3, -0.25) is 9.52 Å². The highest BCUT2D eigenvalue weighted by atomic mass is 35.5. The zero-order chi connectivity index (χ0) is 19.4. The fourth-order valence-corrected chi connectivity index (χ4v) is 4.50. The number of carbonyl (C=O) groups excluding carboxylic acids is 1. The summed E-state index contributed by atoms with van der Waals surface area (Å²) in [5.74, 6) is -0.411. The maximum atomic E-state index is 12.6. The summed E-state index contributed by atoms with van der Waals surface area (Å²) in [6.07, 6.45) is 0.826. The summed E-state index contributed by atoms with van der Waals surface area (Å²) in [6, 6.07) is 15.0. The highest BCUT2D eigenvalue weighted by Crippen LogP contribution is 2.27. The molecular weight excluding hydrogens is 404 g/mol. The zero-order valence-corrected chi connectivity index (χ0v) is 16.8. The monoisotopic (exact) mass is 420 g/mol. The first-order chi connectivity index (χ1) is 12.9. The Bertz CT molecular complexity index is 1060. The molecule has 140 valence electrons. The Morgan fingerprint density at radius 3 is 2.52 bits per heavy atom. The maximum Gasteiger partial charge on any atom is 0.267 e. The molecule has 0 saturated carbocycles. The van der Waals surface area contributed by atoms with Crippen molar-refractivity contribution in [3.8, 4) is 0 Å². The summed E-state index contributed by atoms with van der Waals surface area (Å²) < 4.78 is 27.7. The molecule has 1 heterocycles. The molecule has 0 spiro atoms. The van der Waals surface area contributed by atoms with Crippen LogP contribution in [-0.4, -0.2) is 14.3 Å². The predicted octanol–water partition coefficient (Wildman–Crippen LogP) is 5.02. The lowest BCUT2D eigenvalue weighted by atomic mass is 10.2. The Morgan fingerprint density at radius 1 is 1.11 bits per heavy atom. The van der Waals surface area contributed by atoms with E-state index in [0.29, 0.717) is 10.7 Å². The number of nitrogens with one attached hydrogen (secondary N) is 2. The molecule has 0 unspecified atom stereocenters. The predicted molar refractivity (Wildman–Crippen MR) is 110 cm³/mol. The van der Waals surface area contributed by atoms with Crippen LogP contribution < -0.4 is 10.0 Å². The molecule has 0 aliphatic carbocycles. The lowest BCUT2D eigenvalue weighted by Gasteiger charge is -2.10. The molecular formula is C19H17ClN2O3S2. The van der Waals surface area contributed by atoms with Crippen LogP contribution in [0.2, 0.25) is 5.02 Å². The van der Waals surface area contributed by atoms with Crippen molar-refractivity contribution in [1.82, 2.24) is 0 Å². The number of sulfonamides is 1. The number of benzene rings is 2. The minimum atomic E-state index is -3.79. The molecule has 8 heteroatoms. The third kappa shape index (κ3) is 4.68. The SMILES string of the molecule is CCc1ccc(S(=O)(=O)Nc2ccsc2C(=O)Nc2cccc(Cl)c2)cc1. The van der Waals surface area contributed by atoms with Gasteiger partial charge < -0.3 is 5.32 Å². The number of halogens is 1. The van der Waals surface area contributed by atoms with E-state index in [4.69, 9.17) is 11.6 Å². The number of aryl methyl sites for hydroxylation is 1. The normalized spacial score (nSPS) is 11.2. The number of hydrogen-bond donors (Lipinski definition) is 2. The van der Waals surface area contributed by atoms with Gasteiger partial charge in [0.05, 0.1) is 10.6 Å². The number of hydrogen-bond acceptors (Lipinski definition) is 4. The summed E-state index contributed by atoms with van der Waals surface area (Å²) >= 11 is 7.07. The third-order valence-electron chi connectivity index (χ3n) is 3.84. The van der Waals surface area contributed by atoms with Gasteiger partial charge in [-0.15, -0.1) is 11.3 Å². The van der Waals surface area contributed by atoms with Crippen molar-refractivity contribution >= 4 is 50.2 Å². The van der Waals surface area contributed by atoms with E-state index in [1.165, 1.54) is 0 Å². The molecule has 1 amide bonds. The van der Waals surface area contributed by atoms with Crippen LogP contribution in [0.1, 0.15) is 22.2 Å². The van der Waals surface area contributed by atoms with E-state index in [9.17, 15) is 13.2 Å². The number of thiophene rings is 1. The molecule has 0 saturated heterocycles. The molecule has 2 N–H and O–H groups in total. The molecule has 1 aromatic heterocycles. The Labute approximate surface area is 167 Å². The van der Waals surface area contributed by atoms with Crippen molar-refractivity contribution in [1.29, 1.82) is 0 Å². The van der Waals surface area contributed by atoms with Crippen LogP contribution >= 0.6 is 22.9 Å². The second-order valence-corrected chi connectivity index (χ2v) is 8.77. The fourth-order valence-electron chi connectivity index (χ4n) is 2.43. The summed E-state index contributed by atoms with van der Waals surface area (Å²) in [7, 11) is -3.79. The largest absolute Gasteiger partial charge is 0.321 e. The zero-order valence-electron chi connectivity index (χ0n) is 14.4. The van der Waals surface area contributed by atoms with E-state index in [1.807, 2.05) is 6.92 Å². The minimum absolute atomic E-state index is 0.145. The molecule has 0 aliphatic rings. The van der Waals surface area contributed by atoms with Gasteiger partial charge in [-0.05, 0) is 53.8 Å². The molecule has 3 rings (SSSR count). The highest BCUT2D eigenvalue weighted by Gasteiger charge is 2.20. The molecule has 0 aliphatic heterocycles. The second kappa shape index (κ2) is 8.12. The molecule has 0 atom stereocenters. The number of rotatable bonds is 6. The topological polar surface area (TPSA) is 75.3 Å². The van der Waals surface area contributed by atoms with E-state index in [0.717, 1.165) is 23.3 Å². The lowest BCUT2D eigenvalue weighted by molar-refractivity contribution is 0.103. The van der Waals surface area contributed by atoms with Gasteiger partial charge in [-0.2, -0.15) is 0 Å². The standard InChI is InChI=1S/C19H17ClN2O3S2/c1-2-13-6-8-16(9-7-13)27(24,25)22-17-10-11-26-18(17)19(23)21-15-5-3-4-14(20)12-15/h3-12,22H,2H2,1H3,(H,21,23). The van der Waals surface area contributed by atoms with Gasteiger partial charge in [-0.25, -0.2) is 8.42 Å². The van der Waals surface area contributed by atoms with Gasteiger partial charge in [0.15, 0.2) is 0 Å². The molecule has 5 nitrogen and oxygen atoms in total. The molecule has 0 bridgehead atoms. The molecule has 0 fully saturated rings. The van der Waals surface area contributed by atoms with Crippen LogP contribution in [0.25, 0.3) is 0 Å². The van der Waals surface area contributed by atoms with Gasteiger partial charge in [0.1, 0.15) is 4.88 Å². The summed E-state index contributed by atoms with van der Waals surface area (Å²) in [5.41, 5.74) is 1.81. The van der Waals surface area contributed by atoms with Crippen LogP contribution in [0.5, 0.6) is 0 Å². The van der Waals surface area contributed by atoms with Gasteiger partial charge in [0, 0.05) is 10.7 Å². The number of anilines is 2. The molecule has 3 aromatic rings. The molecule has 27 heavy (non-hydrogen) atoms. The Morgan fingerprint density at radius 2 is 1.85 bits per heavy atom. The Kier molecular flexibility index (Phi) is 5.84.